The van der Waals surface area contributed by atoms with E-state index in [2.05, 4.69) is 25.8 Å². The highest BCUT2D eigenvalue weighted by Crippen LogP contribution is 2.30. The van der Waals surface area contributed by atoms with Gasteiger partial charge in [-0.2, -0.15) is 4.98 Å². The number of benzene rings is 1. The zero-order valence-corrected chi connectivity index (χ0v) is 13.6. The predicted molar refractivity (Wildman–Crippen MR) is 86.7 cm³/mol. The van der Waals surface area contributed by atoms with Gasteiger partial charge in [-0.05, 0) is 29.5 Å². The molecule has 6 heteroatoms. The summed E-state index contributed by atoms with van der Waals surface area (Å²) in [5.41, 5.74) is 2.65. The number of anilines is 1. The number of oxazole rings is 1. The third kappa shape index (κ3) is 3.03. The monoisotopic (exact) mass is 318 g/mol. The average molecular weight is 318 g/mol. The number of aliphatic carboxylic acids is 1. The van der Waals surface area contributed by atoms with Crippen LogP contribution >= 0.6 is 0 Å². The molecule has 1 aromatic carbocycles. The minimum Gasteiger partial charge on any atom is -0.481 e. The number of carboxylic acids is 1. The minimum absolute atomic E-state index is 0.0247. The van der Waals surface area contributed by atoms with E-state index in [9.17, 15) is 15.0 Å². The number of aliphatic hydroxyl groups is 1. The Morgan fingerprint density at radius 3 is 2.78 bits per heavy atom. The second-order valence-electron chi connectivity index (χ2n) is 7.18. The van der Waals surface area contributed by atoms with Gasteiger partial charge in [0.1, 0.15) is 11.4 Å². The van der Waals surface area contributed by atoms with Gasteiger partial charge in [-0.25, -0.2) is 0 Å². The molecule has 0 spiro atoms. The summed E-state index contributed by atoms with van der Waals surface area (Å²) < 4.78 is 5.78. The summed E-state index contributed by atoms with van der Waals surface area (Å²) in [6, 6.07) is 6.36. The highest BCUT2D eigenvalue weighted by atomic mass is 16.4. The Kier molecular flexibility index (Phi) is 3.80. The molecule has 0 aliphatic carbocycles. The molecule has 2 heterocycles. The molecule has 2 aromatic rings. The van der Waals surface area contributed by atoms with E-state index in [0.29, 0.717) is 24.6 Å². The van der Waals surface area contributed by atoms with Gasteiger partial charge in [-0.3, -0.25) is 4.79 Å². The van der Waals surface area contributed by atoms with Crippen LogP contribution in [-0.4, -0.2) is 40.4 Å². The Balaban J connectivity index is 1.90. The summed E-state index contributed by atoms with van der Waals surface area (Å²) >= 11 is 0. The summed E-state index contributed by atoms with van der Waals surface area (Å²) in [6.07, 6.45) is -0.427. The number of hydrogen-bond acceptors (Lipinski definition) is 5. The molecule has 0 bridgehead atoms. The summed E-state index contributed by atoms with van der Waals surface area (Å²) in [7, 11) is 0. The van der Waals surface area contributed by atoms with Crippen LogP contribution in [0.25, 0.3) is 11.1 Å². The van der Waals surface area contributed by atoms with Gasteiger partial charge >= 0.3 is 5.97 Å². The lowest BCUT2D eigenvalue weighted by Crippen LogP contribution is -2.46. The van der Waals surface area contributed by atoms with Crippen LogP contribution in [0, 0.1) is 5.92 Å². The number of hydrogen-bond donors (Lipinski definition) is 2. The first kappa shape index (κ1) is 15.8. The highest BCUT2D eigenvalue weighted by Gasteiger charge is 2.34. The second-order valence-corrected chi connectivity index (χ2v) is 7.18. The molecule has 3 rings (SSSR count). The van der Waals surface area contributed by atoms with Crippen molar-refractivity contribution in [3.63, 3.8) is 0 Å². The van der Waals surface area contributed by atoms with Crippen LogP contribution in [0.1, 0.15) is 32.8 Å². The van der Waals surface area contributed by atoms with E-state index in [1.807, 2.05) is 18.2 Å². The maximum absolute atomic E-state index is 11.2. The number of fused-ring (bicyclic) bond motifs is 1. The molecule has 0 radical (unpaired) electrons. The number of carboxylic acid groups (broad SMARTS) is 1. The van der Waals surface area contributed by atoms with Crippen LogP contribution in [0.5, 0.6) is 0 Å². The van der Waals surface area contributed by atoms with Crippen LogP contribution in [0.3, 0.4) is 0 Å². The van der Waals surface area contributed by atoms with Crippen LogP contribution in [0.15, 0.2) is 22.6 Å². The Bertz CT molecular complexity index is 732. The highest BCUT2D eigenvalue weighted by molar-refractivity contribution is 5.76. The molecular formula is C17H22N2O4. The quantitative estimate of drug-likeness (QED) is 0.884. The second kappa shape index (κ2) is 5.53. The van der Waals surface area contributed by atoms with E-state index in [1.54, 1.807) is 4.90 Å². The van der Waals surface area contributed by atoms with Crippen molar-refractivity contribution in [2.45, 2.75) is 38.7 Å². The lowest BCUT2D eigenvalue weighted by molar-refractivity contribution is -0.146. The van der Waals surface area contributed by atoms with Gasteiger partial charge < -0.3 is 19.5 Å². The third-order valence-electron chi connectivity index (χ3n) is 4.41. The molecule has 124 valence electrons. The molecule has 0 saturated carbocycles. The average Bonchev–Trinajstić information content (AvgIpc) is 2.89. The van der Waals surface area contributed by atoms with Gasteiger partial charge in [0.05, 0.1) is 6.10 Å². The van der Waals surface area contributed by atoms with Crippen LogP contribution < -0.4 is 4.90 Å². The molecule has 1 fully saturated rings. The molecule has 23 heavy (non-hydrogen) atoms. The summed E-state index contributed by atoms with van der Waals surface area (Å²) in [4.78, 5) is 17.5. The molecule has 1 aliphatic rings. The van der Waals surface area contributed by atoms with Crippen molar-refractivity contribution in [2.75, 3.05) is 18.0 Å². The van der Waals surface area contributed by atoms with E-state index in [-0.39, 0.29) is 12.0 Å². The first-order valence-electron chi connectivity index (χ1n) is 7.82. The minimum atomic E-state index is -0.992. The summed E-state index contributed by atoms with van der Waals surface area (Å²) in [5, 5.41) is 19.0. The van der Waals surface area contributed by atoms with Crippen molar-refractivity contribution in [3.05, 3.63) is 23.8 Å². The molecule has 1 saturated heterocycles. The van der Waals surface area contributed by atoms with Crippen molar-refractivity contribution in [1.82, 2.24) is 4.98 Å². The van der Waals surface area contributed by atoms with E-state index in [1.165, 1.54) is 5.56 Å². The van der Waals surface area contributed by atoms with Gasteiger partial charge in [0, 0.05) is 13.1 Å². The van der Waals surface area contributed by atoms with E-state index >= 15 is 0 Å². The molecule has 1 aliphatic heterocycles. The summed E-state index contributed by atoms with van der Waals surface area (Å²) in [5.74, 6) is -1.81. The molecule has 2 N–H and O–H groups in total. The van der Waals surface area contributed by atoms with Crippen molar-refractivity contribution >= 4 is 23.1 Å². The fourth-order valence-electron chi connectivity index (χ4n) is 2.87. The first-order valence-corrected chi connectivity index (χ1v) is 7.82. The lowest BCUT2D eigenvalue weighted by Gasteiger charge is -2.32. The normalized spacial score (nSPS) is 22.5. The van der Waals surface area contributed by atoms with Gasteiger partial charge in [-0.15, -0.1) is 0 Å². The topological polar surface area (TPSA) is 86.8 Å². The zero-order chi connectivity index (χ0) is 16.8. The molecular weight excluding hydrogens is 296 g/mol. The van der Waals surface area contributed by atoms with Gasteiger partial charge in [-0.1, -0.05) is 26.8 Å². The van der Waals surface area contributed by atoms with E-state index in [0.717, 1.165) is 5.52 Å². The Labute approximate surface area is 134 Å². The maximum Gasteiger partial charge on any atom is 0.310 e. The number of piperidine rings is 1. The molecule has 0 amide bonds. The van der Waals surface area contributed by atoms with Crippen LogP contribution in [-0.2, 0) is 10.2 Å². The molecule has 2 atom stereocenters. The van der Waals surface area contributed by atoms with Gasteiger partial charge in [0.25, 0.3) is 6.01 Å². The van der Waals surface area contributed by atoms with Gasteiger partial charge in [0.2, 0.25) is 0 Å². The number of aliphatic hydroxyl groups excluding tert-OH is 1. The molecule has 6 nitrogen and oxygen atoms in total. The van der Waals surface area contributed by atoms with Crippen LogP contribution in [0.4, 0.5) is 6.01 Å². The van der Waals surface area contributed by atoms with E-state index in [4.69, 9.17) is 4.42 Å². The third-order valence-corrected chi connectivity index (χ3v) is 4.41. The Morgan fingerprint density at radius 2 is 2.13 bits per heavy atom. The van der Waals surface area contributed by atoms with Crippen LogP contribution in [0.2, 0.25) is 0 Å². The lowest BCUT2D eigenvalue weighted by atomic mass is 9.87. The number of carbonyl (C=O) groups is 1. The van der Waals surface area contributed by atoms with Gasteiger partial charge in [0.15, 0.2) is 5.58 Å². The molecule has 1 aromatic heterocycles. The Hall–Kier alpha value is -2.08. The van der Waals surface area contributed by atoms with Crippen molar-refractivity contribution in [2.24, 2.45) is 5.92 Å². The molecule has 0 unspecified atom stereocenters. The van der Waals surface area contributed by atoms with Crippen molar-refractivity contribution < 1.29 is 19.4 Å². The fourth-order valence-corrected chi connectivity index (χ4v) is 2.87. The summed E-state index contributed by atoms with van der Waals surface area (Å²) in [6.45, 7) is 7.15. The first-order chi connectivity index (χ1) is 10.8. The maximum atomic E-state index is 11.2. The van der Waals surface area contributed by atoms with Crippen molar-refractivity contribution in [1.29, 1.82) is 0 Å². The van der Waals surface area contributed by atoms with E-state index < -0.39 is 18.0 Å². The SMILES string of the molecule is CC(C)(C)c1ccc2oc(N3CC[C@@H](O)[C@H](C(=O)O)C3)nc2c1. The standard InChI is InChI=1S/C17H22N2O4/c1-17(2,3)10-4-5-14-12(8-10)18-16(23-14)19-7-6-13(20)11(9-19)15(21)22/h4-5,8,11,13,20H,6-7,9H2,1-3H3,(H,21,22)/t11-,13-/m1/s1. The fraction of sp³-hybridized carbons (Fsp3) is 0.529. The number of nitrogens with zero attached hydrogens (tertiary/aromatic N) is 2. The number of aromatic nitrogens is 1. The largest absolute Gasteiger partial charge is 0.481 e. The van der Waals surface area contributed by atoms with Crippen molar-refractivity contribution in [3.8, 4) is 0 Å². The smallest absolute Gasteiger partial charge is 0.310 e. The zero-order valence-electron chi connectivity index (χ0n) is 13.6. The Morgan fingerprint density at radius 1 is 1.39 bits per heavy atom. The predicted octanol–water partition coefficient (Wildman–Crippen LogP) is 2.40. The number of rotatable bonds is 2.